The number of carbonyl (C=O) groups excluding carboxylic acids is 1. The SMILES string of the molecule is COc1ccc(CC(=O)NCCc2nc3ccccc3n2CCCOc2ccc(C(C)C)cc2)cc1. The molecule has 6 heteroatoms. The smallest absolute Gasteiger partial charge is 0.224 e. The van der Waals surface area contributed by atoms with E-state index in [0.717, 1.165) is 46.9 Å². The first-order valence-electron chi connectivity index (χ1n) is 12.6. The summed E-state index contributed by atoms with van der Waals surface area (Å²) < 4.78 is 13.4. The van der Waals surface area contributed by atoms with Crippen LogP contribution in [0.4, 0.5) is 0 Å². The molecule has 6 nitrogen and oxygen atoms in total. The third kappa shape index (κ3) is 6.66. The summed E-state index contributed by atoms with van der Waals surface area (Å²) in [5.41, 5.74) is 4.35. The fourth-order valence-electron chi connectivity index (χ4n) is 4.23. The Kier molecular flexibility index (Phi) is 8.61. The highest BCUT2D eigenvalue weighted by Gasteiger charge is 2.11. The van der Waals surface area contributed by atoms with Crippen molar-refractivity contribution >= 4 is 16.9 Å². The van der Waals surface area contributed by atoms with Gasteiger partial charge in [-0.15, -0.1) is 0 Å². The number of hydrogen-bond donors (Lipinski definition) is 1. The molecule has 1 aromatic heterocycles. The number of aromatic nitrogens is 2. The average Bonchev–Trinajstić information content (AvgIpc) is 3.24. The molecule has 4 rings (SSSR count). The quantitative estimate of drug-likeness (QED) is 0.268. The van der Waals surface area contributed by atoms with Crippen LogP contribution in [-0.2, 0) is 24.2 Å². The molecule has 0 radical (unpaired) electrons. The van der Waals surface area contributed by atoms with E-state index in [1.54, 1.807) is 7.11 Å². The Balaban J connectivity index is 1.30. The molecule has 0 aliphatic heterocycles. The molecule has 3 aromatic carbocycles. The molecule has 36 heavy (non-hydrogen) atoms. The lowest BCUT2D eigenvalue weighted by molar-refractivity contribution is -0.120. The summed E-state index contributed by atoms with van der Waals surface area (Å²) in [6.45, 7) is 6.35. The number of hydrogen-bond acceptors (Lipinski definition) is 4. The third-order valence-corrected chi connectivity index (χ3v) is 6.27. The Hall–Kier alpha value is -3.80. The van der Waals surface area contributed by atoms with Gasteiger partial charge in [-0.05, 0) is 59.9 Å². The van der Waals surface area contributed by atoms with E-state index in [2.05, 4.69) is 41.9 Å². The van der Waals surface area contributed by atoms with E-state index in [0.29, 0.717) is 31.9 Å². The van der Waals surface area contributed by atoms with Crippen molar-refractivity contribution in [3.63, 3.8) is 0 Å². The maximum atomic E-state index is 12.4. The maximum Gasteiger partial charge on any atom is 0.224 e. The number of aryl methyl sites for hydroxylation is 1. The Morgan fingerprint density at radius 2 is 1.69 bits per heavy atom. The number of para-hydroxylation sites is 2. The molecule has 0 bridgehead atoms. The van der Waals surface area contributed by atoms with Crippen LogP contribution in [0.5, 0.6) is 11.5 Å². The largest absolute Gasteiger partial charge is 0.497 e. The highest BCUT2D eigenvalue weighted by Crippen LogP contribution is 2.20. The van der Waals surface area contributed by atoms with E-state index in [4.69, 9.17) is 14.5 Å². The van der Waals surface area contributed by atoms with Gasteiger partial charge >= 0.3 is 0 Å². The van der Waals surface area contributed by atoms with Gasteiger partial charge < -0.3 is 19.4 Å². The summed E-state index contributed by atoms with van der Waals surface area (Å²) in [6, 6.07) is 24.1. The van der Waals surface area contributed by atoms with Crippen LogP contribution < -0.4 is 14.8 Å². The summed E-state index contributed by atoms with van der Waals surface area (Å²) >= 11 is 0. The highest BCUT2D eigenvalue weighted by atomic mass is 16.5. The number of imidazole rings is 1. The van der Waals surface area contributed by atoms with Crippen molar-refractivity contribution in [3.8, 4) is 11.5 Å². The van der Waals surface area contributed by atoms with E-state index < -0.39 is 0 Å². The predicted octanol–water partition coefficient (Wildman–Crippen LogP) is 5.54. The number of fused-ring (bicyclic) bond motifs is 1. The normalized spacial score (nSPS) is 11.1. The lowest BCUT2D eigenvalue weighted by Gasteiger charge is -2.12. The van der Waals surface area contributed by atoms with Crippen LogP contribution in [0, 0.1) is 0 Å². The number of nitrogens with zero attached hydrogens (tertiary/aromatic N) is 2. The maximum absolute atomic E-state index is 12.4. The minimum absolute atomic E-state index is 0.000265. The second-order valence-corrected chi connectivity index (χ2v) is 9.22. The minimum atomic E-state index is -0.000265. The molecular formula is C30H35N3O3. The molecule has 1 heterocycles. The molecule has 188 valence electrons. The molecule has 0 unspecified atom stereocenters. The lowest BCUT2D eigenvalue weighted by Crippen LogP contribution is -2.28. The molecule has 0 aliphatic carbocycles. The van der Waals surface area contributed by atoms with Gasteiger partial charge in [-0.1, -0.05) is 50.2 Å². The first-order valence-corrected chi connectivity index (χ1v) is 12.6. The Morgan fingerprint density at radius 3 is 2.42 bits per heavy atom. The van der Waals surface area contributed by atoms with Crippen LogP contribution >= 0.6 is 0 Å². The van der Waals surface area contributed by atoms with Gasteiger partial charge in [0.15, 0.2) is 0 Å². The topological polar surface area (TPSA) is 65.4 Å². The number of benzene rings is 3. The number of nitrogens with one attached hydrogen (secondary N) is 1. The van der Waals surface area contributed by atoms with Gasteiger partial charge in [0.1, 0.15) is 17.3 Å². The van der Waals surface area contributed by atoms with Crippen molar-refractivity contribution in [2.24, 2.45) is 0 Å². The summed E-state index contributed by atoms with van der Waals surface area (Å²) in [6.07, 6.45) is 1.87. The van der Waals surface area contributed by atoms with Crippen molar-refractivity contribution in [1.82, 2.24) is 14.9 Å². The second kappa shape index (κ2) is 12.2. The molecule has 0 atom stereocenters. The summed E-state index contributed by atoms with van der Waals surface area (Å²) in [5, 5.41) is 3.03. The van der Waals surface area contributed by atoms with E-state index in [-0.39, 0.29) is 5.91 Å². The molecule has 1 amide bonds. The highest BCUT2D eigenvalue weighted by molar-refractivity contribution is 5.78. The summed E-state index contributed by atoms with van der Waals surface area (Å²) in [7, 11) is 1.63. The minimum Gasteiger partial charge on any atom is -0.497 e. The summed E-state index contributed by atoms with van der Waals surface area (Å²) in [4.78, 5) is 17.3. The fraction of sp³-hybridized carbons (Fsp3) is 0.333. The molecule has 4 aromatic rings. The lowest BCUT2D eigenvalue weighted by atomic mass is 10.0. The monoisotopic (exact) mass is 485 g/mol. The van der Waals surface area contributed by atoms with Crippen LogP contribution in [0.2, 0.25) is 0 Å². The summed E-state index contributed by atoms with van der Waals surface area (Å²) in [5.74, 6) is 3.17. The van der Waals surface area contributed by atoms with Gasteiger partial charge in [0.2, 0.25) is 5.91 Å². The molecule has 0 saturated carbocycles. The predicted molar refractivity (Wildman–Crippen MR) is 144 cm³/mol. The van der Waals surface area contributed by atoms with Crippen molar-refractivity contribution < 1.29 is 14.3 Å². The Morgan fingerprint density at radius 1 is 0.972 bits per heavy atom. The number of amides is 1. The van der Waals surface area contributed by atoms with Gasteiger partial charge in [-0.25, -0.2) is 4.98 Å². The zero-order chi connectivity index (χ0) is 25.3. The molecular weight excluding hydrogens is 450 g/mol. The van der Waals surface area contributed by atoms with E-state index >= 15 is 0 Å². The van der Waals surface area contributed by atoms with Crippen molar-refractivity contribution in [2.75, 3.05) is 20.3 Å². The number of carbonyl (C=O) groups is 1. The zero-order valence-corrected chi connectivity index (χ0v) is 21.4. The molecule has 0 aliphatic rings. The van der Waals surface area contributed by atoms with E-state index in [9.17, 15) is 4.79 Å². The fourth-order valence-corrected chi connectivity index (χ4v) is 4.23. The van der Waals surface area contributed by atoms with Crippen LogP contribution in [-0.4, -0.2) is 35.7 Å². The van der Waals surface area contributed by atoms with Crippen molar-refractivity contribution in [2.45, 2.75) is 45.6 Å². The van der Waals surface area contributed by atoms with Crippen LogP contribution in [0.1, 0.15) is 43.1 Å². The third-order valence-electron chi connectivity index (χ3n) is 6.27. The molecule has 0 spiro atoms. The van der Waals surface area contributed by atoms with Gasteiger partial charge in [-0.3, -0.25) is 4.79 Å². The van der Waals surface area contributed by atoms with Crippen LogP contribution in [0.25, 0.3) is 11.0 Å². The van der Waals surface area contributed by atoms with E-state index in [1.165, 1.54) is 5.56 Å². The zero-order valence-electron chi connectivity index (χ0n) is 21.4. The van der Waals surface area contributed by atoms with Gasteiger partial charge in [0.25, 0.3) is 0 Å². The van der Waals surface area contributed by atoms with Crippen LogP contribution in [0.15, 0.2) is 72.8 Å². The molecule has 0 saturated heterocycles. The second-order valence-electron chi connectivity index (χ2n) is 9.22. The standard InChI is InChI=1S/C30H35N3O3/c1-22(2)24-11-15-26(16-12-24)36-20-6-19-33-28-8-5-4-7-27(28)32-29(33)17-18-31-30(34)21-23-9-13-25(35-3)14-10-23/h4-5,7-16,22H,6,17-21H2,1-3H3,(H,31,34). The van der Waals surface area contributed by atoms with Gasteiger partial charge in [0.05, 0.1) is 31.2 Å². The number of methoxy groups -OCH3 is 1. The first-order chi connectivity index (χ1) is 17.5. The number of rotatable bonds is 12. The Labute approximate surface area is 213 Å². The van der Waals surface area contributed by atoms with Crippen molar-refractivity contribution in [1.29, 1.82) is 0 Å². The average molecular weight is 486 g/mol. The number of ether oxygens (including phenoxy) is 2. The molecule has 0 fully saturated rings. The van der Waals surface area contributed by atoms with Gasteiger partial charge in [-0.2, -0.15) is 0 Å². The van der Waals surface area contributed by atoms with Crippen LogP contribution in [0.3, 0.4) is 0 Å². The van der Waals surface area contributed by atoms with E-state index in [1.807, 2.05) is 54.6 Å². The Bertz CT molecular complexity index is 1260. The van der Waals surface area contributed by atoms with Gasteiger partial charge in [0, 0.05) is 19.5 Å². The molecule has 1 N–H and O–H groups in total. The first kappa shape index (κ1) is 25.3. The van der Waals surface area contributed by atoms with Crippen molar-refractivity contribution in [3.05, 3.63) is 89.7 Å².